The molecular formula is C13H22N2O3S. The quantitative estimate of drug-likeness (QED) is 0.801. The van der Waals surface area contributed by atoms with E-state index in [1.807, 2.05) is 11.8 Å². The number of carboxylic acid groups (broad SMARTS) is 1. The summed E-state index contributed by atoms with van der Waals surface area (Å²) in [6, 6.07) is -0.591. The van der Waals surface area contributed by atoms with Gasteiger partial charge in [-0.3, -0.25) is 4.90 Å². The molecule has 6 heteroatoms. The summed E-state index contributed by atoms with van der Waals surface area (Å²) < 4.78 is 0. The van der Waals surface area contributed by atoms with Gasteiger partial charge < -0.3 is 10.0 Å². The number of thioether (sulfide) groups is 1. The summed E-state index contributed by atoms with van der Waals surface area (Å²) in [5, 5.41) is 9.18. The Morgan fingerprint density at radius 3 is 2.53 bits per heavy atom. The van der Waals surface area contributed by atoms with Gasteiger partial charge in [-0.25, -0.2) is 9.59 Å². The summed E-state index contributed by atoms with van der Waals surface area (Å²) in [7, 11) is 0. The molecule has 0 aliphatic carbocycles. The van der Waals surface area contributed by atoms with Crippen molar-refractivity contribution in [2.45, 2.75) is 51.1 Å². The number of carbonyl (C=O) groups is 2. The van der Waals surface area contributed by atoms with Gasteiger partial charge in [0.2, 0.25) is 0 Å². The molecule has 108 valence electrons. The molecule has 0 bridgehead atoms. The van der Waals surface area contributed by atoms with Crippen LogP contribution in [0.15, 0.2) is 0 Å². The number of carboxylic acids is 1. The zero-order valence-corrected chi connectivity index (χ0v) is 12.5. The highest BCUT2D eigenvalue weighted by Crippen LogP contribution is 2.32. The van der Waals surface area contributed by atoms with E-state index in [2.05, 4.69) is 13.8 Å². The first-order valence-electron chi connectivity index (χ1n) is 6.85. The Morgan fingerprint density at radius 2 is 1.95 bits per heavy atom. The van der Waals surface area contributed by atoms with Gasteiger partial charge in [-0.15, -0.1) is 11.8 Å². The van der Waals surface area contributed by atoms with E-state index in [0.29, 0.717) is 11.7 Å². The summed E-state index contributed by atoms with van der Waals surface area (Å²) in [5.74, 6) is 0.226. The third kappa shape index (κ3) is 2.83. The van der Waals surface area contributed by atoms with Crippen LogP contribution in [0.3, 0.4) is 0 Å². The van der Waals surface area contributed by atoms with E-state index in [1.54, 1.807) is 4.90 Å². The minimum Gasteiger partial charge on any atom is -0.480 e. The highest BCUT2D eigenvalue weighted by atomic mass is 32.2. The molecule has 2 rings (SSSR count). The van der Waals surface area contributed by atoms with Gasteiger partial charge in [-0.1, -0.05) is 6.92 Å². The maximum Gasteiger partial charge on any atom is 0.327 e. The summed E-state index contributed by atoms with van der Waals surface area (Å²) in [6.45, 7) is 6.90. The van der Waals surface area contributed by atoms with Crippen LogP contribution in [0, 0.1) is 5.92 Å². The van der Waals surface area contributed by atoms with Gasteiger partial charge in [0.25, 0.3) is 0 Å². The number of hydrogen-bond donors (Lipinski definition) is 1. The minimum atomic E-state index is -0.900. The van der Waals surface area contributed by atoms with E-state index in [-0.39, 0.29) is 17.4 Å². The topological polar surface area (TPSA) is 60.9 Å². The molecule has 0 saturated carbocycles. The molecular weight excluding hydrogens is 264 g/mol. The lowest BCUT2D eigenvalue weighted by molar-refractivity contribution is -0.141. The predicted molar refractivity (Wildman–Crippen MR) is 75.1 cm³/mol. The number of piperidine rings is 1. The third-order valence-corrected chi connectivity index (χ3v) is 5.33. The van der Waals surface area contributed by atoms with Gasteiger partial charge in [0.05, 0.1) is 5.37 Å². The molecule has 4 unspecified atom stereocenters. The van der Waals surface area contributed by atoms with E-state index in [1.165, 1.54) is 11.8 Å². The number of carbonyl (C=O) groups excluding carboxylic acids is 1. The second kappa shape index (κ2) is 5.61. The molecule has 2 heterocycles. The Labute approximate surface area is 118 Å². The number of aliphatic carboxylic acids is 1. The first-order chi connectivity index (χ1) is 8.91. The fraction of sp³-hybridized carbons (Fsp3) is 0.846. The average molecular weight is 286 g/mol. The van der Waals surface area contributed by atoms with Crippen molar-refractivity contribution in [1.29, 1.82) is 0 Å². The van der Waals surface area contributed by atoms with Crippen LogP contribution in [0.1, 0.15) is 33.6 Å². The van der Waals surface area contributed by atoms with Crippen molar-refractivity contribution in [2.24, 2.45) is 5.92 Å². The van der Waals surface area contributed by atoms with Crippen molar-refractivity contribution in [3.05, 3.63) is 0 Å². The zero-order chi connectivity index (χ0) is 14.2. The molecule has 5 nitrogen and oxygen atoms in total. The largest absolute Gasteiger partial charge is 0.480 e. The Kier molecular flexibility index (Phi) is 4.28. The van der Waals surface area contributed by atoms with Crippen molar-refractivity contribution in [2.75, 3.05) is 12.3 Å². The van der Waals surface area contributed by atoms with Crippen LogP contribution in [-0.4, -0.2) is 56.7 Å². The Morgan fingerprint density at radius 1 is 1.26 bits per heavy atom. The standard InChI is InChI=1S/C13H22N2O3S/c1-8-4-5-14(9(2)6-8)13(18)15-10(3)19-7-11(15)12(16)17/h8-11H,4-7H2,1-3H3,(H,16,17). The maximum absolute atomic E-state index is 12.6. The maximum atomic E-state index is 12.6. The molecule has 0 radical (unpaired) electrons. The molecule has 1 N–H and O–H groups in total. The number of nitrogens with zero attached hydrogens (tertiary/aromatic N) is 2. The summed E-state index contributed by atoms with van der Waals surface area (Å²) in [4.78, 5) is 27.3. The highest BCUT2D eigenvalue weighted by Gasteiger charge is 2.42. The zero-order valence-electron chi connectivity index (χ0n) is 11.7. The summed E-state index contributed by atoms with van der Waals surface area (Å²) in [6.07, 6.45) is 2.00. The molecule has 2 amide bonds. The second-order valence-corrected chi connectivity index (χ2v) is 7.00. The van der Waals surface area contributed by atoms with Crippen LogP contribution < -0.4 is 0 Å². The molecule has 0 aromatic rings. The Hall–Kier alpha value is -0.910. The molecule has 2 fully saturated rings. The summed E-state index contributed by atoms with van der Waals surface area (Å²) >= 11 is 1.53. The van der Waals surface area contributed by atoms with Gasteiger partial charge in [-0.05, 0) is 32.6 Å². The van der Waals surface area contributed by atoms with Gasteiger partial charge in [0.15, 0.2) is 0 Å². The van der Waals surface area contributed by atoms with Crippen molar-refractivity contribution < 1.29 is 14.7 Å². The lowest BCUT2D eigenvalue weighted by atomic mass is 9.93. The number of urea groups is 1. The fourth-order valence-corrected chi connectivity index (χ4v) is 4.12. The smallest absolute Gasteiger partial charge is 0.327 e. The number of rotatable bonds is 1. The normalized spacial score (nSPS) is 35.5. The minimum absolute atomic E-state index is 0.0554. The van der Waals surface area contributed by atoms with Gasteiger partial charge in [0, 0.05) is 18.3 Å². The van der Waals surface area contributed by atoms with E-state index in [0.717, 1.165) is 19.4 Å². The van der Waals surface area contributed by atoms with E-state index in [4.69, 9.17) is 0 Å². The van der Waals surface area contributed by atoms with E-state index >= 15 is 0 Å². The van der Waals surface area contributed by atoms with Crippen molar-refractivity contribution in [3.8, 4) is 0 Å². The monoisotopic (exact) mass is 286 g/mol. The SMILES string of the molecule is CC1CCN(C(=O)N2C(C)SCC2C(=O)O)C(C)C1. The molecule has 2 aliphatic heterocycles. The lowest BCUT2D eigenvalue weighted by Gasteiger charge is -2.40. The molecule has 2 saturated heterocycles. The van der Waals surface area contributed by atoms with Crippen LogP contribution in [0.2, 0.25) is 0 Å². The summed E-state index contributed by atoms with van der Waals surface area (Å²) in [5.41, 5.74) is 0. The van der Waals surface area contributed by atoms with Gasteiger partial charge in [-0.2, -0.15) is 0 Å². The number of likely N-dealkylation sites (tertiary alicyclic amines) is 1. The molecule has 4 atom stereocenters. The van der Waals surface area contributed by atoms with Crippen LogP contribution in [-0.2, 0) is 4.79 Å². The Bertz CT molecular complexity index is 377. The van der Waals surface area contributed by atoms with Gasteiger partial charge >= 0.3 is 12.0 Å². The number of hydrogen-bond acceptors (Lipinski definition) is 3. The van der Waals surface area contributed by atoms with E-state index < -0.39 is 12.0 Å². The first-order valence-corrected chi connectivity index (χ1v) is 7.90. The van der Waals surface area contributed by atoms with Crippen LogP contribution in [0.5, 0.6) is 0 Å². The van der Waals surface area contributed by atoms with Crippen molar-refractivity contribution in [3.63, 3.8) is 0 Å². The fourth-order valence-electron chi connectivity index (χ4n) is 2.96. The van der Waals surface area contributed by atoms with Crippen LogP contribution in [0.4, 0.5) is 4.79 Å². The van der Waals surface area contributed by atoms with Gasteiger partial charge in [0.1, 0.15) is 6.04 Å². The highest BCUT2D eigenvalue weighted by molar-refractivity contribution is 8.00. The molecule has 0 aromatic carbocycles. The lowest BCUT2D eigenvalue weighted by Crippen LogP contribution is -2.55. The predicted octanol–water partition coefficient (Wildman–Crippen LogP) is 2.07. The molecule has 19 heavy (non-hydrogen) atoms. The Balaban J connectivity index is 2.11. The second-order valence-electron chi connectivity index (χ2n) is 5.65. The average Bonchev–Trinajstić information content (AvgIpc) is 2.70. The van der Waals surface area contributed by atoms with Crippen LogP contribution >= 0.6 is 11.8 Å². The molecule has 2 aliphatic rings. The van der Waals surface area contributed by atoms with Crippen LogP contribution in [0.25, 0.3) is 0 Å². The van der Waals surface area contributed by atoms with E-state index in [9.17, 15) is 14.7 Å². The third-order valence-electron chi connectivity index (χ3n) is 4.11. The van der Waals surface area contributed by atoms with Crippen molar-refractivity contribution in [1.82, 2.24) is 9.80 Å². The van der Waals surface area contributed by atoms with Crippen molar-refractivity contribution >= 4 is 23.8 Å². The first kappa shape index (κ1) is 14.5. The number of amides is 2. The molecule has 0 aromatic heterocycles. The molecule has 0 spiro atoms.